The highest BCUT2D eigenvalue weighted by Crippen LogP contribution is 2.18. The van der Waals surface area contributed by atoms with Crippen LogP contribution >= 0.6 is 0 Å². The molecular weight excluding hydrogens is 226 g/mol. The molecule has 1 aromatic rings. The summed E-state index contributed by atoms with van der Waals surface area (Å²) < 4.78 is 29.4. The van der Waals surface area contributed by atoms with Crippen LogP contribution in [0.2, 0.25) is 0 Å². The molecule has 0 saturated heterocycles. The van der Waals surface area contributed by atoms with Gasteiger partial charge < -0.3 is 4.74 Å². The average Bonchev–Trinajstić information content (AvgIpc) is 2.13. The highest BCUT2D eigenvalue weighted by molar-refractivity contribution is 7.88. The summed E-state index contributed by atoms with van der Waals surface area (Å²) in [6, 6.07) is 5.89. The molecular formula is C11H17NO3S. The second kappa shape index (κ2) is 5.32. The van der Waals surface area contributed by atoms with Gasteiger partial charge in [0.05, 0.1) is 6.26 Å². The third-order valence-corrected chi connectivity index (χ3v) is 2.78. The predicted molar refractivity (Wildman–Crippen MR) is 64.3 cm³/mol. The SMILES string of the molecule is Cc1ccc(OCCNS(C)(=O)=O)c(C)c1. The van der Waals surface area contributed by atoms with Gasteiger partial charge in [-0.15, -0.1) is 0 Å². The minimum Gasteiger partial charge on any atom is -0.492 e. The number of benzene rings is 1. The van der Waals surface area contributed by atoms with Gasteiger partial charge in [-0.1, -0.05) is 17.7 Å². The normalized spacial score (nSPS) is 11.4. The number of rotatable bonds is 5. The van der Waals surface area contributed by atoms with Crippen molar-refractivity contribution in [3.05, 3.63) is 29.3 Å². The fraction of sp³-hybridized carbons (Fsp3) is 0.455. The first-order valence-electron chi connectivity index (χ1n) is 5.03. The van der Waals surface area contributed by atoms with E-state index in [9.17, 15) is 8.42 Å². The molecule has 0 spiro atoms. The van der Waals surface area contributed by atoms with Crippen LogP contribution in [0.15, 0.2) is 18.2 Å². The molecule has 4 nitrogen and oxygen atoms in total. The molecule has 0 fully saturated rings. The first-order valence-corrected chi connectivity index (χ1v) is 6.92. The zero-order valence-corrected chi connectivity index (χ0v) is 10.6. The lowest BCUT2D eigenvalue weighted by Gasteiger charge is -2.09. The number of hydrogen-bond acceptors (Lipinski definition) is 3. The number of hydrogen-bond donors (Lipinski definition) is 1. The molecule has 0 heterocycles. The van der Waals surface area contributed by atoms with Gasteiger partial charge >= 0.3 is 0 Å². The molecule has 0 atom stereocenters. The molecule has 0 unspecified atom stereocenters. The van der Waals surface area contributed by atoms with Gasteiger partial charge in [0.25, 0.3) is 0 Å². The fourth-order valence-corrected chi connectivity index (χ4v) is 1.80. The van der Waals surface area contributed by atoms with Crippen molar-refractivity contribution in [2.24, 2.45) is 0 Å². The fourth-order valence-electron chi connectivity index (χ4n) is 1.35. The summed E-state index contributed by atoms with van der Waals surface area (Å²) in [6.45, 7) is 4.59. The molecule has 0 saturated carbocycles. The lowest BCUT2D eigenvalue weighted by atomic mass is 10.1. The Bertz CT molecular complexity index is 454. The second-order valence-corrected chi connectivity index (χ2v) is 5.62. The maximum atomic E-state index is 10.8. The summed E-state index contributed by atoms with van der Waals surface area (Å²) in [5.41, 5.74) is 2.23. The standard InChI is InChI=1S/C11H17NO3S/c1-9-4-5-11(10(2)8-9)15-7-6-12-16(3,13)14/h4-5,8,12H,6-7H2,1-3H3. The molecule has 0 amide bonds. The van der Waals surface area contributed by atoms with Crippen molar-refractivity contribution in [3.8, 4) is 5.75 Å². The topological polar surface area (TPSA) is 55.4 Å². The number of aryl methyl sites for hydroxylation is 2. The van der Waals surface area contributed by atoms with E-state index in [2.05, 4.69) is 4.72 Å². The molecule has 16 heavy (non-hydrogen) atoms. The molecule has 5 heteroatoms. The Morgan fingerprint density at radius 1 is 1.31 bits per heavy atom. The van der Waals surface area contributed by atoms with Crippen LogP contribution in [0.4, 0.5) is 0 Å². The van der Waals surface area contributed by atoms with Gasteiger partial charge in [0, 0.05) is 6.54 Å². The van der Waals surface area contributed by atoms with Gasteiger partial charge in [0.1, 0.15) is 12.4 Å². The van der Waals surface area contributed by atoms with Crippen LogP contribution in [-0.4, -0.2) is 27.8 Å². The number of nitrogens with one attached hydrogen (secondary N) is 1. The van der Waals surface area contributed by atoms with E-state index in [1.165, 1.54) is 5.56 Å². The average molecular weight is 243 g/mol. The van der Waals surface area contributed by atoms with Crippen molar-refractivity contribution in [2.45, 2.75) is 13.8 Å². The van der Waals surface area contributed by atoms with E-state index in [-0.39, 0.29) is 6.54 Å². The van der Waals surface area contributed by atoms with Gasteiger partial charge in [-0.25, -0.2) is 13.1 Å². The summed E-state index contributed by atoms with van der Waals surface area (Å²) in [7, 11) is -3.13. The quantitative estimate of drug-likeness (QED) is 0.791. The van der Waals surface area contributed by atoms with E-state index in [4.69, 9.17) is 4.74 Å². The van der Waals surface area contributed by atoms with Crippen LogP contribution in [0.1, 0.15) is 11.1 Å². The number of sulfonamides is 1. The van der Waals surface area contributed by atoms with Crippen LogP contribution in [0.3, 0.4) is 0 Å². The molecule has 90 valence electrons. The number of ether oxygens (including phenoxy) is 1. The summed E-state index contributed by atoms with van der Waals surface area (Å²) >= 11 is 0. The minimum absolute atomic E-state index is 0.284. The molecule has 0 aliphatic rings. The van der Waals surface area contributed by atoms with E-state index in [1.54, 1.807) is 0 Å². The van der Waals surface area contributed by atoms with E-state index in [0.29, 0.717) is 6.61 Å². The van der Waals surface area contributed by atoms with E-state index in [0.717, 1.165) is 17.6 Å². The Labute approximate surface area is 96.7 Å². The summed E-state index contributed by atoms with van der Waals surface area (Å²) in [5.74, 6) is 0.793. The lowest BCUT2D eigenvalue weighted by Crippen LogP contribution is -2.26. The van der Waals surface area contributed by atoms with Gasteiger partial charge in [0.2, 0.25) is 10.0 Å². The van der Waals surface area contributed by atoms with Crippen molar-refractivity contribution in [3.63, 3.8) is 0 Å². The largest absolute Gasteiger partial charge is 0.492 e. The zero-order valence-electron chi connectivity index (χ0n) is 9.78. The molecule has 1 N–H and O–H groups in total. The highest BCUT2D eigenvalue weighted by Gasteiger charge is 2.01. The Kier molecular flexibility index (Phi) is 4.32. The van der Waals surface area contributed by atoms with Crippen molar-refractivity contribution < 1.29 is 13.2 Å². The van der Waals surface area contributed by atoms with Crippen molar-refractivity contribution in [1.82, 2.24) is 4.72 Å². The van der Waals surface area contributed by atoms with Gasteiger partial charge in [0.15, 0.2) is 0 Å². The summed E-state index contributed by atoms with van der Waals surface area (Å²) in [6.07, 6.45) is 1.13. The second-order valence-electron chi connectivity index (χ2n) is 3.78. The van der Waals surface area contributed by atoms with Gasteiger partial charge in [-0.2, -0.15) is 0 Å². The first kappa shape index (κ1) is 13.0. The lowest BCUT2D eigenvalue weighted by molar-refractivity contribution is 0.321. The molecule has 0 bridgehead atoms. The Hall–Kier alpha value is -1.07. The third kappa shape index (κ3) is 4.63. The minimum atomic E-state index is -3.13. The van der Waals surface area contributed by atoms with Crippen LogP contribution in [-0.2, 0) is 10.0 Å². The van der Waals surface area contributed by atoms with Crippen molar-refractivity contribution in [2.75, 3.05) is 19.4 Å². The smallest absolute Gasteiger partial charge is 0.208 e. The summed E-state index contributed by atoms with van der Waals surface area (Å²) in [4.78, 5) is 0. The maximum absolute atomic E-state index is 10.8. The van der Waals surface area contributed by atoms with Crippen molar-refractivity contribution >= 4 is 10.0 Å². The Morgan fingerprint density at radius 2 is 2.00 bits per heavy atom. The van der Waals surface area contributed by atoms with Crippen LogP contribution in [0, 0.1) is 13.8 Å². The molecule has 0 radical (unpaired) electrons. The Morgan fingerprint density at radius 3 is 2.56 bits per heavy atom. The first-order chi connectivity index (χ1) is 7.38. The summed E-state index contributed by atoms with van der Waals surface area (Å²) in [5, 5.41) is 0. The zero-order chi connectivity index (χ0) is 12.2. The third-order valence-electron chi connectivity index (χ3n) is 2.05. The molecule has 1 aromatic carbocycles. The van der Waals surface area contributed by atoms with Gasteiger partial charge in [-0.05, 0) is 25.5 Å². The molecule has 0 aliphatic heterocycles. The monoisotopic (exact) mass is 243 g/mol. The van der Waals surface area contributed by atoms with E-state index in [1.807, 2.05) is 32.0 Å². The van der Waals surface area contributed by atoms with E-state index >= 15 is 0 Å². The molecule has 1 rings (SSSR count). The predicted octanol–water partition coefficient (Wildman–Crippen LogP) is 1.23. The van der Waals surface area contributed by atoms with Crippen LogP contribution < -0.4 is 9.46 Å². The maximum Gasteiger partial charge on any atom is 0.208 e. The Balaban J connectivity index is 2.43. The highest BCUT2D eigenvalue weighted by atomic mass is 32.2. The van der Waals surface area contributed by atoms with Crippen LogP contribution in [0.25, 0.3) is 0 Å². The van der Waals surface area contributed by atoms with E-state index < -0.39 is 10.0 Å². The molecule has 0 aromatic heterocycles. The van der Waals surface area contributed by atoms with Crippen LogP contribution in [0.5, 0.6) is 5.75 Å². The molecule has 0 aliphatic carbocycles. The van der Waals surface area contributed by atoms with Crippen molar-refractivity contribution in [1.29, 1.82) is 0 Å². The van der Waals surface area contributed by atoms with Gasteiger partial charge in [-0.3, -0.25) is 0 Å².